The van der Waals surface area contributed by atoms with Crippen molar-refractivity contribution in [2.75, 3.05) is 11.9 Å². The first-order valence-corrected chi connectivity index (χ1v) is 9.00. The molecule has 148 valence electrons. The summed E-state index contributed by atoms with van der Waals surface area (Å²) in [5, 5.41) is 3.47. The third-order valence-electron chi connectivity index (χ3n) is 4.58. The maximum absolute atomic E-state index is 12.9. The van der Waals surface area contributed by atoms with Crippen molar-refractivity contribution < 1.29 is 22.7 Å². The first-order valence-electron chi connectivity index (χ1n) is 9.00. The molecule has 0 saturated heterocycles. The zero-order valence-corrected chi connectivity index (χ0v) is 15.9. The lowest BCUT2D eigenvalue weighted by molar-refractivity contribution is -0.137. The average Bonchev–Trinajstić information content (AvgIpc) is 2.93. The second kappa shape index (κ2) is 7.58. The van der Waals surface area contributed by atoms with Crippen LogP contribution in [-0.2, 0) is 12.7 Å². The van der Waals surface area contributed by atoms with E-state index in [0.717, 1.165) is 28.6 Å². The van der Waals surface area contributed by atoms with Crippen molar-refractivity contribution in [2.45, 2.75) is 33.5 Å². The van der Waals surface area contributed by atoms with Crippen LogP contribution in [0.4, 0.5) is 18.9 Å². The van der Waals surface area contributed by atoms with E-state index in [1.807, 2.05) is 43.5 Å². The highest BCUT2D eigenvalue weighted by Gasteiger charge is 2.30. The summed E-state index contributed by atoms with van der Waals surface area (Å²) in [6.45, 7) is 6.70. The van der Waals surface area contributed by atoms with Crippen molar-refractivity contribution in [2.24, 2.45) is 0 Å². The highest BCUT2D eigenvalue weighted by Crippen LogP contribution is 2.32. The van der Waals surface area contributed by atoms with Gasteiger partial charge in [-0.05, 0) is 62.7 Å². The van der Waals surface area contributed by atoms with Gasteiger partial charge in [0.15, 0.2) is 0 Å². The Morgan fingerprint density at radius 2 is 1.89 bits per heavy atom. The Labute approximate surface area is 160 Å². The fourth-order valence-corrected chi connectivity index (χ4v) is 3.34. The van der Waals surface area contributed by atoms with Gasteiger partial charge in [-0.25, -0.2) is 0 Å². The number of fused-ring (bicyclic) bond motifs is 1. The van der Waals surface area contributed by atoms with E-state index in [-0.39, 0.29) is 5.69 Å². The predicted octanol–water partition coefficient (Wildman–Crippen LogP) is 5.64. The van der Waals surface area contributed by atoms with Crippen LogP contribution in [0.5, 0.6) is 5.75 Å². The molecular weight excluding hydrogens is 369 g/mol. The van der Waals surface area contributed by atoms with Crippen molar-refractivity contribution in [3.63, 3.8) is 0 Å². The quantitative estimate of drug-likeness (QED) is 0.613. The Bertz CT molecular complexity index is 1020. The number of aromatic nitrogens is 1. The van der Waals surface area contributed by atoms with Crippen molar-refractivity contribution in [3.05, 3.63) is 59.3 Å². The molecule has 0 aliphatic heterocycles. The summed E-state index contributed by atoms with van der Waals surface area (Å²) in [5.41, 5.74) is 1.34. The number of halogens is 3. The highest BCUT2D eigenvalue weighted by molar-refractivity contribution is 6.08. The number of nitrogens with zero attached hydrogens (tertiary/aromatic N) is 1. The molecule has 1 heterocycles. The minimum Gasteiger partial charge on any atom is -0.494 e. The average molecular weight is 390 g/mol. The molecule has 0 unspecified atom stereocenters. The molecule has 0 aliphatic carbocycles. The molecule has 0 atom stereocenters. The molecule has 0 aliphatic rings. The monoisotopic (exact) mass is 390 g/mol. The minimum absolute atomic E-state index is 0.0992. The SMILES string of the molecule is CCOc1ccc2c(c1)c(C)c(C(=O)Nc1cccc(C(F)(F)F)c1)n2CC. The lowest BCUT2D eigenvalue weighted by atomic mass is 10.1. The number of amides is 1. The molecule has 3 aromatic rings. The van der Waals surface area contributed by atoms with Gasteiger partial charge in [-0.2, -0.15) is 13.2 Å². The molecule has 1 amide bonds. The van der Waals surface area contributed by atoms with Crippen molar-refractivity contribution in [1.82, 2.24) is 4.57 Å². The Morgan fingerprint density at radius 3 is 2.54 bits per heavy atom. The van der Waals surface area contributed by atoms with E-state index in [0.29, 0.717) is 24.6 Å². The molecule has 28 heavy (non-hydrogen) atoms. The summed E-state index contributed by atoms with van der Waals surface area (Å²) < 4.78 is 46.2. The van der Waals surface area contributed by atoms with Crippen molar-refractivity contribution >= 4 is 22.5 Å². The Kier molecular flexibility index (Phi) is 5.36. The van der Waals surface area contributed by atoms with Gasteiger partial charge >= 0.3 is 6.18 Å². The lowest BCUT2D eigenvalue weighted by Gasteiger charge is -2.12. The topological polar surface area (TPSA) is 43.3 Å². The third kappa shape index (κ3) is 3.69. The van der Waals surface area contributed by atoms with Gasteiger partial charge in [0, 0.05) is 23.1 Å². The molecule has 1 N–H and O–H groups in total. The summed E-state index contributed by atoms with van der Waals surface area (Å²) in [4.78, 5) is 12.9. The van der Waals surface area contributed by atoms with Crippen molar-refractivity contribution in [3.8, 4) is 5.75 Å². The van der Waals surface area contributed by atoms with Crippen LogP contribution in [0.2, 0.25) is 0 Å². The number of aryl methyl sites for hydroxylation is 2. The molecule has 7 heteroatoms. The number of hydrogen-bond acceptors (Lipinski definition) is 2. The smallest absolute Gasteiger partial charge is 0.416 e. The maximum atomic E-state index is 12.9. The van der Waals surface area contributed by atoms with Gasteiger partial charge < -0.3 is 14.6 Å². The molecular formula is C21H21F3N2O2. The highest BCUT2D eigenvalue weighted by atomic mass is 19.4. The van der Waals surface area contributed by atoms with E-state index >= 15 is 0 Å². The van der Waals surface area contributed by atoms with Crippen LogP contribution in [0.1, 0.15) is 35.5 Å². The second-order valence-electron chi connectivity index (χ2n) is 6.36. The predicted molar refractivity (Wildman–Crippen MR) is 103 cm³/mol. The van der Waals surface area contributed by atoms with Crippen LogP contribution in [0.3, 0.4) is 0 Å². The molecule has 0 bridgehead atoms. The molecule has 1 aromatic heterocycles. The number of rotatable bonds is 5. The van der Waals surface area contributed by atoms with Crippen LogP contribution in [0, 0.1) is 6.92 Å². The fraction of sp³-hybridized carbons (Fsp3) is 0.286. The summed E-state index contributed by atoms with van der Waals surface area (Å²) in [6.07, 6.45) is -4.47. The number of ether oxygens (including phenoxy) is 1. The second-order valence-corrected chi connectivity index (χ2v) is 6.36. The third-order valence-corrected chi connectivity index (χ3v) is 4.58. The van der Waals surface area contributed by atoms with Gasteiger partial charge in [-0.15, -0.1) is 0 Å². The minimum atomic E-state index is -4.47. The first-order chi connectivity index (χ1) is 13.3. The van der Waals surface area contributed by atoms with Gasteiger partial charge in [0.2, 0.25) is 0 Å². The lowest BCUT2D eigenvalue weighted by Crippen LogP contribution is -2.18. The molecule has 0 radical (unpaired) electrons. The molecule has 4 nitrogen and oxygen atoms in total. The van der Waals surface area contributed by atoms with Gasteiger partial charge in [-0.1, -0.05) is 6.07 Å². The van der Waals surface area contributed by atoms with Crippen molar-refractivity contribution in [1.29, 1.82) is 0 Å². The number of anilines is 1. The number of carbonyl (C=O) groups is 1. The summed E-state index contributed by atoms with van der Waals surface area (Å²) in [5.74, 6) is 0.254. The van der Waals surface area contributed by atoms with E-state index in [9.17, 15) is 18.0 Å². The summed E-state index contributed by atoms with van der Waals surface area (Å²) >= 11 is 0. The van der Waals surface area contributed by atoms with Gasteiger partial charge in [0.25, 0.3) is 5.91 Å². The normalized spacial score (nSPS) is 11.6. The molecule has 0 spiro atoms. The van der Waals surface area contributed by atoms with E-state index < -0.39 is 17.6 Å². The number of benzene rings is 2. The fourth-order valence-electron chi connectivity index (χ4n) is 3.34. The van der Waals surface area contributed by atoms with Crippen LogP contribution in [0.15, 0.2) is 42.5 Å². The summed E-state index contributed by atoms with van der Waals surface area (Å²) in [6, 6.07) is 10.2. The zero-order chi connectivity index (χ0) is 20.5. The first kappa shape index (κ1) is 19.8. The van der Waals surface area contributed by atoms with Gasteiger partial charge in [-0.3, -0.25) is 4.79 Å². The Morgan fingerprint density at radius 1 is 1.14 bits per heavy atom. The standard InChI is InChI=1S/C21H21F3N2O2/c1-4-26-18-10-9-16(28-5-2)12-17(18)13(3)19(26)20(27)25-15-8-6-7-14(11-15)21(22,23)24/h6-12H,4-5H2,1-3H3,(H,25,27). The molecule has 0 fully saturated rings. The number of carbonyl (C=O) groups excluding carboxylic acids is 1. The van der Waals surface area contributed by atoms with Gasteiger partial charge in [0.05, 0.1) is 12.2 Å². The Balaban J connectivity index is 2.01. The van der Waals surface area contributed by atoms with E-state index in [1.165, 1.54) is 12.1 Å². The van der Waals surface area contributed by atoms with E-state index in [2.05, 4.69) is 5.32 Å². The van der Waals surface area contributed by atoms with E-state index in [1.54, 1.807) is 0 Å². The molecule has 0 saturated carbocycles. The maximum Gasteiger partial charge on any atom is 0.416 e. The number of alkyl halides is 3. The zero-order valence-electron chi connectivity index (χ0n) is 15.9. The Hall–Kier alpha value is -2.96. The van der Waals surface area contributed by atoms with Gasteiger partial charge in [0.1, 0.15) is 11.4 Å². The van der Waals surface area contributed by atoms with Crippen LogP contribution < -0.4 is 10.1 Å². The molecule has 3 rings (SSSR count). The number of hydrogen-bond donors (Lipinski definition) is 1. The van der Waals surface area contributed by atoms with Crippen LogP contribution in [-0.4, -0.2) is 17.1 Å². The van der Waals surface area contributed by atoms with Crippen LogP contribution in [0.25, 0.3) is 10.9 Å². The summed E-state index contributed by atoms with van der Waals surface area (Å²) in [7, 11) is 0. The number of nitrogens with one attached hydrogen (secondary N) is 1. The largest absolute Gasteiger partial charge is 0.494 e. The van der Waals surface area contributed by atoms with E-state index in [4.69, 9.17) is 4.74 Å². The molecule has 2 aromatic carbocycles. The van der Waals surface area contributed by atoms with Crippen LogP contribution >= 0.6 is 0 Å².